The maximum absolute atomic E-state index is 11.1. The van der Waals surface area contributed by atoms with Crippen LogP contribution >= 0.6 is 0 Å². The van der Waals surface area contributed by atoms with Crippen LogP contribution < -0.4 is 0 Å². The molecule has 21 heavy (non-hydrogen) atoms. The van der Waals surface area contributed by atoms with Gasteiger partial charge in [-0.1, -0.05) is 39.3 Å². The van der Waals surface area contributed by atoms with Gasteiger partial charge in [-0.3, -0.25) is 0 Å². The SMILES string of the molecule is C=C1C2C3CCC2(C)C(O)CC12CCC(C)C2CCC3C. The Labute approximate surface area is 130 Å². The van der Waals surface area contributed by atoms with E-state index in [0.29, 0.717) is 5.92 Å². The van der Waals surface area contributed by atoms with Crippen molar-refractivity contribution in [2.75, 3.05) is 0 Å². The number of aliphatic hydroxyl groups excluding tert-OH is 1. The van der Waals surface area contributed by atoms with Crippen molar-refractivity contribution >= 4 is 0 Å². The third-order valence-corrected chi connectivity index (χ3v) is 8.60. The highest BCUT2D eigenvalue weighted by Gasteiger charge is 2.63. The molecule has 2 bridgehead atoms. The Hall–Kier alpha value is -0.300. The molecule has 1 spiro atoms. The van der Waals surface area contributed by atoms with E-state index >= 15 is 0 Å². The van der Waals surface area contributed by atoms with Crippen LogP contribution in [0.1, 0.15) is 65.7 Å². The molecule has 0 aromatic rings. The highest BCUT2D eigenvalue weighted by molar-refractivity contribution is 5.30. The van der Waals surface area contributed by atoms with Gasteiger partial charge in [0.1, 0.15) is 0 Å². The molecule has 0 amide bonds. The summed E-state index contributed by atoms with van der Waals surface area (Å²) in [5.74, 6) is 3.79. The van der Waals surface area contributed by atoms with Crippen molar-refractivity contribution in [3.8, 4) is 0 Å². The standard InChI is InChI=1S/C20H32O/c1-12-5-6-16-13(2)7-10-20(16)11-17(21)19(4)9-8-15(12)18(19)14(20)3/h12-13,15-18,21H,3,5-11H2,1-2,4H3. The Bertz CT molecular complexity index is 468. The van der Waals surface area contributed by atoms with Gasteiger partial charge in [-0.2, -0.15) is 0 Å². The molecule has 1 nitrogen and oxygen atoms in total. The van der Waals surface area contributed by atoms with Crippen molar-refractivity contribution in [1.29, 1.82) is 0 Å². The summed E-state index contributed by atoms with van der Waals surface area (Å²) in [5, 5.41) is 11.1. The van der Waals surface area contributed by atoms with Crippen molar-refractivity contribution in [2.45, 2.75) is 71.8 Å². The quantitative estimate of drug-likeness (QED) is 0.635. The Morgan fingerprint density at radius 2 is 1.81 bits per heavy atom. The fourth-order valence-corrected chi connectivity index (χ4v) is 7.24. The number of hydrogen-bond donors (Lipinski definition) is 1. The van der Waals surface area contributed by atoms with Crippen molar-refractivity contribution in [3.05, 3.63) is 12.2 Å². The third kappa shape index (κ3) is 1.62. The minimum atomic E-state index is -0.101. The summed E-state index contributed by atoms with van der Waals surface area (Å²) in [6, 6.07) is 0. The molecular weight excluding hydrogens is 256 g/mol. The van der Waals surface area contributed by atoms with Crippen LogP contribution in [0.15, 0.2) is 12.2 Å². The summed E-state index contributed by atoms with van der Waals surface area (Å²) in [6.07, 6.45) is 8.84. The summed E-state index contributed by atoms with van der Waals surface area (Å²) < 4.78 is 0. The predicted molar refractivity (Wildman–Crippen MR) is 86.8 cm³/mol. The molecule has 118 valence electrons. The molecule has 4 fully saturated rings. The predicted octanol–water partition coefficient (Wildman–Crippen LogP) is 4.80. The van der Waals surface area contributed by atoms with Gasteiger partial charge >= 0.3 is 0 Å². The Balaban J connectivity index is 1.84. The first-order valence-corrected chi connectivity index (χ1v) is 9.27. The molecule has 4 aliphatic carbocycles. The van der Waals surface area contributed by atoms with E-state index in [0.717, 1.165) is 30.1 Å². The summed E-state index contributed by atoms with van der Waals surface area (Å²) >= 11 is 0. The summed E-state index contributed by atoms with van der Waals surface area (Å²) in [4.78, 5) is 0. The highest BCUT2D eigenvalue weighted by atomic mass is 16.3. The number of hydrogen-bond acceptors (Lipinski definition) is 1. The van der Waals surface area contributed by atoms with E-state index in [4.69, 9.17) is 6.58 Å². The van der Waals surface area contributed by atoms with Crippen molar-refractivity contribution in [2.24, 2.45) is 40.4 Å². The molecule has 4 aliphatic rings. The summed E-state index contributed by atoms with van der Waals surface area (Å²) in [7, 11) is 0. The molecule has 0 radical (unpaired) electrons. The molecule has 0 saturated heterocycles. The Kier molecular flexibility index (Phi) is 2.98. The molecule has 1 N–H and O–H groups in total. The monoisotopic (exact) mass is 288 g/mol. The molecule has 8 unspecified atom stereocenters. The second-order valence-corrected chi connectivity index (χ2v) is 9.26. The number of aliphatic hydroxyl groups is 1. The van der Waals surface area contributed by atoms with Crippen LogP contribution in [0.4, 0.5) is 0 Å². The van der Waals surface area contributed by atoms with Crippen LogP contribution in [0.2, 0.25) is 0 Å². The minimum Gasteiger partial charge on any atom is -0.393 e. The maximum Gasteiger partial charge on any atom is 0.0608 e. The lowest BCUT2D eigenvalue weighted by molar-refractivity contribution is -0.0758. The van der Waals surface area contributed by atoms with E-state index in [1.807, 2.05) is 0 Å². The molecule has 8 atom stereocenters. The highest BCUT2D eigenvalue weighted by Crippen LogP contribution is 2.70. The first kappa shape index (κ1) is 14.3. The van der Waals surface area contributed by atoms with Gasteiger partial charge in [-0.25, -0.2) is 0 Å². The zero-order valence-electron chi connectivity index (χ0n) is 14.1. The van der Waals surface area contributed by atoms with Crippen LogP contribution in [0.25, 0.3) is 0 Å². The molecule has 4 rings (SSSR count). The van der Waals surface area contributed by atoms with Gasteiger partial charge in [0.25, 0.3) is 0 Å². The van der Waals surface area contributed by atoms with Crippen LogP contribution in [0, 0.1) is 40.4 Å². The van der Waals surface area contributed by atoms with E-state index < -0.39 is 0 Å². The summed E-state index contributed by atoms with van der Waals surface area (Å²) in [5.41, 5.74) is 1.97. The Morgan fingerprint density at radius 3 is 2.57 bits per heavy atom. The van der Waals surface area contributed by atoms with Gasteiger partial charge in [0, 0.05) is 5.41 Å². The zero-order chi connectivity index (χ0) is 15.0. The molecule has 0 heterocycles. The topological polar surface area (TPSA) is 20.2 Å². The fraction of sp³-hybridized carbons (Fsp3) is 0.900. The molecule has 0 aromatic carbocycles. The molecule has 0 aliphatic heterocycles. The van der Waals surface area contributed by atoms with E-state index in [-0.39, 0.29) is 16.9 Å². The summed E-state index contributed by atoms with van der Waals surface area (Å²) in [6.45, 7) is 12.0. The van der Waals surface area contributed by atoms with Crippen molar-refractivity contribution < 1.29 is 5.11 Å². The minimum absolute atomic E-state index is 0.101. The van der Waals surface area contributed by atoms with Crippen LogP contribution in [-0.2, 0) is 0 Å². The first-order chi connectivity index (χ1) is 9.90. The van der Waals surface area contributed by atoms with E-state index in [1.165, 1.54) is 38.5 Å². The average molecular weight is 288 g/mol. The molecule has 0 aromatic heterocycles. The maximum atomic E-state index is 11.1. The smallest absolute Gasteiger partial charge is 0.0608 e. The second-order valence-electron chi connectivity index (χ2n) is 9.26. The zero-order valence-corrected chi connectivity index (χ0v) is 14.1. The average Bonchev–Trinajstić information content (AvgIpc) is 2.94. The third-order valence-electron chi connectivity index (χ3n) is 8.60. The van der Waals surface area contributed by atoms with Gasteiger partial charge < -0.3 is 5.11 Å². The normalized spacial score (nSPS) is 59.5. The van der Waals surface area contributed by atoms with Crippen LogP contribution in [-0.4, -0.2) is 11.2 Å². The van der Waals surface area contributed by atoms with Crippen molar-refractivity contribution in [3.63, 3.8) is 0 Å². The molecular formula is C20H32O. The molecule has 1 heteroatoms. The van der Waals surface area contributed by atoms with Gasteiger partial charge in [-0.15, -0.1) is 0 Å². The van der Waals surface area contributed by atoms with E-state index in [2.05, 4.69) is 20.8 Å². The fourth-order valence-electron chi connectivity index (χ4n) is 7.24. The van der Waals surface area contributed by atoms with E-state index in [9.17, 15) is 5.11 Å². The number of rotatable bonds is 0. The first-order valence-electron chi connectivity index (χ1n) is 9.27. The van der Waals surface area contributed by atoms with E-state index in [1.54, 1.807) is 5.57 Å². The van der Waals surface area contributed by atoms with Crippen LogP contribution in [0.3, 0.4) is 0 Å². The Morgan fingerprint density at radius 1 is 1.05 bits per heavy atom. The second kappa shape index (κ2) is 4.37. The van der Waals surface area contributed by atoms with Crippen molar-refractivity contribution in [1.82, 2.24) is 0 Å². The largest absolute Gasteiger partial charge is 0.393 e. The lowest BCUT2D eigenvalue weighted by atomic mass is 9.49. The lowest BCUT2D eigenvalue weighted by Gasteiger charge is -2.56. The van der Waals surface area contributed by atoms with Gasteiger partial charge in [-0.05, 0) is 73.5 Å². The lowest BCUT2D eigenvalue weighted by Crippen LogP contribution is -2.53. The van der Waals surface area contributed by atoms with Crippen LogP contribution in [0.5, 0.6) is 0 Å². The number of allylic oxidation sites excluding steroid dienone is 1. The van der Waals surface area contributed by atoms with Gasteiger partial charge in [0.2, 0.25) is 0 Å². The molecule has 4 saturated carbocycles. The van der Waals surface area contributed by atoms with Gasteiger partial charge in [0.05, 0.1) is 6.10 Å². The van der Waals surface area contributed by atoms with Gasteiger partial charge in [0.15, 0.2) is 0 Å².